The summed E-state index contributed by atoms with van der Waals surface area (Å²) in [5.41, 5.74) is 2.11. The van der Waals surface area contributed by atoms with Crippen molar-refractivity contribution in [3.63, 3.8) is 0 Å². The summed E-state index contributed by atoms with van der Waals surface area (Å²) in [5.74, 6) is 0. The first-order valence-electron chi connectivity index (χ1n) is 5.54. The number of likely N-dealkylation sites (N-methyl/N-ethyl adjacent to an activating group) is 1. The van der Waals surface area contributed by atoms with Gasteiger partial charge in [-0.15, -0.1) is 11.3 Å². The molecule has 0 fully saturated rings. The highest BCUT2D eigenvalue weighted by molar-refractivity contribution is 7.17. The van der Waals surface area contributed by atoms with Crippen LogP contribution >= 0.6 is 22.9 Å². The molecule has 0 unspecified atom stereocenters. The molecule has 0 saturated heterocycles. The monoisotopic (exact) mass is 270 g/mol. The van der Waals surface area contributed by atoms with Gasteiger partial charge in [0.2, 0.25) is 0 Å². The summed E-state index contributed by atoms with van der Waals surface area (Å²) < 4.78 is 6.32. The van der Waals surface area contributed by atoms with Crippen molar-refractivity contribution in [1.29, 1.82) is 0 Å². The van der Waals surface area contributed by atoms with Gasteiger partial charge in [-0.2, -0.15) is 0 Å². The second kappa shape index (κ2) is 5.67. The lowest BCUT2D eigenvalue weighted by Crippen LogP contribution is -2.26. The smallest absolute Gasteiger partial charge is 0.131 e. The van der Waals surface area contributed by atoms with Crippen molar-refractivity contribution in [2.45, 2.75) is 6.92 Å². The fourth-order valence-electron chi connectivity index (χ4n) is 1.79. The standard InChI is InChI=1S/C12H15ClN2OS/c1-3-15(5-6-16-2)10-8-11(13)14-9-4-7-17-12(9)10/h4,7-8H,3,5-6H2,1-2H3. The quantitative estimate of drug-likeness (QED) is 0.779. The van der Waals surface area contributed by atoms with E-state index in [9.17, 15) is 0 Å². The second-order valence-electron chi connectivity index (χ2n) is 3.67. The molecule has 92 valence electrons. The van der Waals surface area contributed by atoms with Crippen LogP contribution in [0.15, 0.2) is 17.5 Å². The Morgan fingerprint density at radius 3 is 3.06 bits per heavy atom. The molecule has 2 aromatic heterocycles. The molecule has 0 aliphatic rings. The normalized spacial score (nSPS) is 11.0. The van der Waals surface area contributed by atoms with Crippen LogP contribution in [0.2, 0.25) is 5.15 Å². The van der Waals surface area contributed by atoms with E-state index in [1.807, 2.05) is 17.5 Å². The molecular weight excluding hydrogens is 256 g/mol. The number of hydrogen-bond acceptors (Lipinski definition) is 4. The average Bonchev–Trinajstić information content (AvgIpc) is 2.77. The van der Waals surface area contributed by atoms with E-state index >= 15 is 0 Å². The van der Waals surface area contributed by atoms with Gasteiger partial charge in [0, 0.05) is 26.3 Å². The van der Waals surface area contributed by atoms with Crippen LogP contribution in [0.1, 0.15) is 6.92 Å². The van der Waals surface area contributed by atoms with Crippen LogP contribution in [0, 0.1) is 0 Å². The van der Waals surface area contributed by atoms with Crippen molar-refractivity contribution in [2.75, 3.05) is 31.7 Å². The summed E-state index contributed by atoms with van der Waals surface area (Å²) in [5, 5.41) is 2.59. The number of hydrogen-bond donors (Lipinski definition) is 0. The van der Waals surface area contributed by atoms with E-state index in [0.29, 0.717) is 11.8 Å². The molecule has 0 atom stereocenters. The van der Waals surface area contributed by atoms with Gasteiger partial charge in [0.25, 0.3) is 0 Å². The van der Waals surface area contributed by atoms with Gasteiger partial charge in [0.05, 0.1) is 22.5 Å². The molecule has 0 saturated carbocycles. The lowest BCUT2D eigenvalue weighted by Gasteiger charge is -2.23. The predicted octanol–water partition coefficient (Wildman–Crippen LogP) is 3.42. The first kappa shape index (κ1) is 12.6. The minimum absolute atomic E-state index is 0.543. The van der Waals surface area contributed by atoms with Crippen molar-refractivity contribution in [1.82, 2.24) is 4.98 Å². The van der Waals surface area contributed by atoms with E-state index in [-0.39, 0.29) is 0 Å². The Morgan fingerprint density at radius 2 is 2.35 bits per heavy atom. The van der Waals surface area contributed by atoms with Gasteiger partial charge in [0.15, 0.2) is 0 Å². The zero-order valence-electron chi connectivity index (χ0n) is 9.94. The fourth-order valence-corrected chi connectivity index (χ4v) is 2.86. The summed E-state index contributed by atoms with van der Waals surface area (Å²) >= 11 is 7.75. The molecule has 17 heavy (non-hydrogen) atoms. The number of methoxy groups -OCH3 is 1. The molecule has 0 radical (unpaired) electrons. The highest BCUT2D eigenvalue weighted by atomic mass is 35.5. The molecule has 2 aromatic rings. The van der Waals surface area contributed by atoms with Gasteiger partial charge in [-0.3, -0.25) is 0 Å². The maximum atomic E-state index is 6.05. The summed E-state index contributed by atoms with van der Waals surface area (Å²) in [4.78, 5) is 6.57. The van der Waals surface area contributed by atoms with Crippen LogP contribution in [0.4, 0.5) is 5.69 Å². The maximum absolute atomic E-state index is 6.05. The summed E-state index contributed by atoms with van der Waals surface area (Å²) in [6, 6.07) is 3.93. The van der Waals surface area contributed by atoms with Gasteiger partial charge in [-0.1, -0.05) is 11.6 Å². The van der Waals surface area contributed by atoms with E-state index in [2.05, 4.69) is 16.8 Å². The molecule has 0 bridgehead atoms. The third-order valence-electron chi connectivity index (χ3n) is 2.65. The SMILES string of the molecule is CCN(CCOC)c1cc(Cl)nc2ccsc12. The molecule has 0 aromatic carbocycles. The molecular formula is C12H15ClN2OS. The van der Waals surface area contributed by atoms with Crippen LogP contribution in [0.3, 0.4) is 0 Å². The topological polar surface area (TPSA) is 25.4 Å². The molecule has 2 rings (SSSR count). The summed E-state index contributed by atoms with van der Waals surface area (Å²) in [6.45, 7) is 4.63. The zero-order chi connectivity index (χ0) is 12.3. The minimum Gasteiger partial charge on any atom is -0.383 e. The van der Waals surface area contributed by atoms with Crippen LogP contribution in [-0.2, 0) is 4.74 Å². The fraction of sp³-hybridized carbons (Fsp3) is 0.417. The van der Waals surface area contributed by atoms with Gasteiger partial charge < -0.3 is 9.64 Å². The van der Waals surface area contributed by atoms with Crippen molar-refractivity contribution >= 4 is 38.8 Å². The van der Waals surface area contributed by atoms with E-state index in [4.69, 9.17) is 16.3 Å². The van der Waals surface area contributed by atoms with Gasteiger partial charge in [0.1, 0.15) is 5.15 Å². The molecule has 0 amide bonds. The summed E-state index contributed by atoms with van der Waals surface area (Å²) in [6.07, 6.45) is 0. The third-order valence-corrected chi connectivity index (χ3v) is 3.77. The van der Waals surface area contributed by atoms with Gasteiger partial charge in [-0.25, -0.2) is 4.98 Å². The first-order chi connectivity index (χ1) is 8.26. The number of aromatic nitrogens is 1. The predicted molar refractivity (Wildman–Crippen MR) is 74.4 cm³/mol. The maximum Gasteiger partial charge on any atom is 0.131 e. The Bertz CT molecular complexity index is 500. The second-order valence-corrected chi connectivity index (χ2v) is 4.97. The third kappa shape index (κ3) is 2.70. The highest BCUT2D eigenvalue weighted by Crippen LogP contribution is 2.32. The van der Waals surface area contributed by atoms with Crippen LogP contribution < -0.4 is 4.90 Å². The minimum atomic E-state index is 0.543. The first-order valence-corrected chi connectivity index (χ1v) is 6.79. The van der Waals surface area contributed by atoms with Gasteiger partial charge >= 0.3 is 0 Å². The van der Waals surface area contributed by atoms with Crippen LogP contribution in [0.5, 0.6) is 0 Å². The molecule has 3 nitrogen and oxygen atoms in total. The number of ether oxygens (including phenoxy) is 1. The molecule has 5 heteroatoms. The Morgan fingerprint density at radius 1 is 1.53 bits per heavy atom. The van der Waals surface area contributed by atoms with Crippen molar-refractivity contribution in [2.24, 2.45) is 0 Å². The number of pyridine rings is 1. The Kier molecular flexibility index (Phi) is 4.20. The molecule has 0 spiro atoms. The lowest BCUT2D eigenvalue weighted by atomic mass is 10.3. The number of rotatable bonds is 5. The zero-order valence-corrected chi connectivity index (χ0v) is 11.5. The van der Waals surface area contributed by atoms with Crippen LogP contribution in [0.25, 0.3) is 10.2 Å². The Labute approximate surface area is 110 Å². The molecule has 2 heterocycles. The lowest BCUT2D eigenvalue weighted by molar-refractivity contribution is 0.205. The van der Waals surface area contributed by atoms with Crippen molar-refractivity contribution in [3.05, 3.63) is 22.7 Å². The number of nitrogens with zero attached hydrogens (tertiary/aromatic N) is 2. The number of fused-ring (bicyclic) bond motifs is 1. The highest BCUT2D eigenvalue weighted by Gasteiger charge is 2.11. The van der Waals surface area contributed by atoms with Gasteiger partial charge in [-0.05, 0) is 18.4 Å². The molecule has 0 aliphatic carbocycles. The Hall–Kier alpha value is -0.840. The van der Waals surface area contributed by atoms with Crippen molar-refractivity contribution in [3.8, 4) is 0 Å². The number of thiophene rings is 1. The largest absolute Gasteiger partial charge is 0.383 e. The summed E-state index contributed by atoms with van der Waals surface area (Å²) in [7, 11) is 1.72. The number of halogens is 1. The van der Waals surface area contributed by atoms with E-state index in [0.717, 1.165) is 24.3 Å². The van der Waals surface area contributed by atoms with E-state index in [1.165, 1.54) is 4.70 Å². The Balaban J connectivity index is 2.40. The van der Waals surface area contributed by atoms with Crippen LogP contribution in [-0.4, -0.2) is 31.8 Å². The van der Waals surface area contributed by atoms with E-state index in [1.54, 1.807) is 18.4 Å². The van der Waals surface area contributed by atoms with Crippen molar-refractivity contribution < 1.29 is 4.74 Å². The van der Waals surface area contributed by atoms with E-state index < -0.39 is 0 Å². The average molecular weight is 271 g/mol. The number of anilines is 1. The molecule has 0 N–H and O–H groups in total. The molecule has 0 aliphatic heterocycles.